The molecular weight excluding hydrogens is 141 g/mol. The molecule has 0 aromatic heterocycles. The van der Waals surface area contributed by atoms with Crippen molar-refractivity contribution < 1.29 is 14.0 Å². The van der Waals surface area contributed by atoms with Gasteiger partial charge in [0.2, 0.25) is 0 Å². The highest BCUT2D eigenvalue weighted by atomic mass is 31.1. The quantitative estimate of drug-likeness (QED) is 0.549. The van der Waals surface area contributed by atoms with E-state index in [4.69, 9.17) is 4.89 Å². The van der Waals surface area contributed by atoms with Gasteiger partial charge in [0.25, 0.3) is 0 Å². The maximum absolute atomic E-state index is 10.1. The van der Waals surface area contributed by atoms with Gasteiger partial charge in [0.05, 0.1) is 0 Å². The summed E-state index contributed by atoms with van der Waals surface area (Å²) in [6.07, 6.45) is 1.69. The van der Waals surface area contributed by atoms with E-state index in [1.54, 1.807) is 0 Å². The zero-order valence-corrected chi connectivity index (χ0v) is 5.96. The summed E-state index contributed by atoms with van der Waals surface area (Å²) in [7, 11) is -2.73. The van der Waals surface area contributed by atoms with Crippen molar-refractivity contribution in [1.29, 1.82) is 0 Å². The van der Waals surface area contributed by atoms with Crippen LogP contribution < -0.4 is 5.32 Å². The van der Waals surface area contributed by atoms with E-state index in [0.717, 1.165) is 19.4 Å². The second-order valence-electron chi connectivity index (χ2n) is 1.97. The van der Waals surface area contributed by atoms with E-state index in [1.165, 1.54) is 0 Å². The molecule has 1 aliphatic heterocycles. The van der Waals surface area contributed by atoms with Crippen LogP contribution >= 0.6 is 8.25 Å². The molecule has 5 heteroatoms. The fourth-order valence-electron chi connectivity index (χ4n) is 0.875. The Bertz CT molecular complexity index is 112. The second kappa shape index (κ2) is 3.32. The Morgan fingerprint density at radius 2 is 2.56 bits per heavy atom. The number of hydrogen-bond donors (Lipinski definition) is 2. The van der Waals surface area contributed by atoms with Gasteiger partial charge in [-0.25, -0.2) is 0 Å². The van der Waals surface area contributed by atoms with E-state index in [2.05, 4.69) is 9.84 Å². The van der Waals surface area contributed by atoms with Crippen LogP contribution in [0.3, 0.4) is 0 Å². The van der Waals surface area contributed by atoms with Crippen LogP contribution in [0.5, 0.6) is 0 Å². The molecule has 54 valence electrons. The van der Waals surface area contributed by atoms with Crippen LogP contribution in [0.4, 0.5) is 0 Å². The molecule has 1 aliphatic rings. The molecule has 2 N–H and O–H groups in total. The lowest BCUT2D eigenvalue weighted by Crippen LogP contribution is -2.21. The predicted molar refractivity (Wildman–Crippen MR) is 33.3 cm³/mol. The molecule has 0 radical (unpaired) electrons. The van der Waals surface area contributed by atoms with Crippen LogP contribution in [0.2, 0.25) is 0 Å². The Morgan fingerprint density at radius 3 is 3.00 bits per heavy atom. The predicted octanol–water partition coefficient (Wildman–Crippen LogP) is 0.0945. The lowest BCUT2D eigenvalue weighted by molar-refractivity contribution is 0.175. The van der Waals surface area contributed by atoms with Crippen molar-refractivity contribution in [3.8, 4) is 0 Å². The molecule has 9 heavy (non-hydrogen) atoms. The van der Waals surface area contributed by atoms with E-state index in [0.29, 0.717) is 0 Å². The highest BCUT2D eigenvalue weighted by molar-refractivity contribution is 7.32. The smallest absolute Gasteiger partial charge is 0.318 e. The fourth-order valence-corrected chi connectivity index (χ4v) is 1.32. The van der Waals surface area contributed by atoms with Crippen molar-refractivity contribution in [3.05, 3.63) is 0 Å². The lowest BCUT2D eigenvalue weighted by atomic mass is 10.4. The average molecular weight is 151 g/mol. The van der Waals surface area contributed by atoms with Gasteiger partial charge in [-0.2, -0.15) is 0 Å². The van der Waals surface area contributed by atoms with E-state index < -0.39 is 8.25 Å². The summed E-state index contributed by atoms with van der Waals surface area (Å²) in [5.74, 6) is 0. The molecule has 0 aromatic rings. The fraction of sp³-hybridized carbons (Fsp3) is 1.00. The van der Waals surface area contributed by atoms with Crippen molar-refractivity contribution in [3.63, 3.8) is 0 Å². The minimum Gasteiger partial charge on any atom is -0.326 e. The Balaban J connectivity index is 2.19. The molecule has 1 fully saturated rings. The third-order valence-electron chi connectivity index (χ3n) is 1.26. The Morgan fingerprint density at radius 1 is 1.78 bits per heavy atom. The first-order valence-electron chi connectivity index (χ1n) is 2.92. The lowest BCUT2D eigenvalue weighted by Gasteiger charge is -2.06. The normalized spacial score (nSPS) is 30.6. The SMILES string of the molecule is O=[PH](O)O[C@@H]1CCCN1. The first kappa shape index (κ1) is 7.22. The Hall–Kier alpha value is 0.110. The molecule has 1 unspecified atom stereocenters. The van der Waals surface area contributed by atoms with Crippen LogP contribution in [0.25, 0.3) is 0 Å². The van der Waals surface area contributed by atoms with Crippen molar-refractivity contribution >= 4 is 8.25 Å². The van der Waals surface area contributed by atoms with Gasteiger partial charge in [0.1, 0.15) is 6.23 Å². The average Bonchev–Trinajstić information content (AvgIpc) is 2.15. The molecule has 0 aromatic carbocycles. The number of hydrogen-bond acceptors (Lipinski definition) is 3. The highest BCUT2D eigenvalue weighted by Gasteiger charge is 2.15. The van der Waals surface area contributed by atoms with Crippen molar-refractivity contribution in [1.82, 2.24) is 5.32 Å². The summed E-state index contributed by atoms with van der Waals surface area (Å²) in [4.78, 5) is 8.30. The van der Waals surface area contributed by atoms with Crippen molar-refractivity contribution in [2.24, 2.45) is 0 Å². The maximum Gasteiger partial charge on any atom is 0.318 e. The summed E-state index contributed by atoms with van der Waals surface area (Å²) in [5, 5.41) is 2.93. The summed E-state index contributed by atoms with van der Waals surface area (Å²) < 4.78 is 14.7. The van der Waals surface area contributed by atoms with Gasteiger partial charge in [-0.05, 0) is 19.4 Å². The van der Waals surface area contributed by atoms with E-state index in [1.807, 2.05) is 0 Å². The van der Waals surface area contributed by atoms with Crippen LogP contribution in [0, 0.1) is 0 Å². The largest absolute Gasteiger partial charge is 0.326 e. The Kier molecular flexibility index (Phi) is 2.66. The first-order valence-corrected chi connectivity index (χ1v) is 4.18. The third kappa shape index (κ3) is 2.45. The van der Waals surface area contributed by atoms with E-state index in [-0.39, 0.29) is 6.23 Å². The van der Waals surface area contributed by atoms with Crippen LogP contribution in [-0.4, -0.2) is 17.7 Å². The van der Waals surface area contributed by atoms with Gasteiger partial charge in [-0.1, -0.05) is 0 Å². The zero-order valence-electron chi connectivity index (χ0n) is 4.96. The molecule has 2 atom stereocenters. The molecule has 1 heterocycles. The monoisotopic (exact) mass is 151 g/mol. The first-order chi connectivity index (χ1) is 4.29. The molecule has 1 rings (SSSR count). The maximum atomic E-state index is 10.1. The second-order valence-corrected chi connectivity index (χ2v) is 2.74. The summed E-state index contributed by atoms with van der Waals surface area (Å²) in [5.41, 5.74) is 0. The van der Waals surface area contributed by atoms with Crippen LogP contribution in [-0.2, 0) is 9.09 Å². The molecule has 1 saturated heterocycles. The molecular formula is C4H10NO3P. The van der Waals surface area contributed by atoms with Gasteiger partial charge >= 0.3 is 8.25 Å². The Labute approximate surface area is 54.2 Å². The molecule has 4 nitrogen and oxygen atoms in total. The molecule has 0 saturated carbocycles. The third-order valence-corrected chi connectivity index (χ3v) is 1.74. The number of nitrogens with one attached hydrogen (secondary N) is 1. The van der Waals surface area contributed by atoms with Gasteiger partial charge < -0.3 is 4.89 Å². The van der Waals surface area contributed by atoms with Crippen LogP contribution in [0.1, 0.15) is 12.8 Å². The van der Waals surface area contributed by atoms with Gasteiger partial charge in [-0.15, -0.1) is 0 Å². The van der Waals surface area contributed by atoms with Gasteiger partial charge in [0.15, 0.2) is 0 Å². The molecule has 0 bridgehead atoms. The standard InChI is InChI=1S/C4H10NO3P/c6-9(7)8-4-2-1-3-5-4/h4-5,9H,1-3H2,(H,6,7)/t4-/m1/s1. The summed E-state index contributed by atoms with van der Waals surface area (Å²) in [6.45, 7) is 0.889. The van der Waals surface area contributed by atoms with Gasteiger partial charge in [0, 0.05) is 0 Å². The minimum atomic E-state index is -2.73. The summed E-state index contributed by atoms with van der Waals surface area (Å²) in [6, 6.07) is 0. The molecule has 0 spiro atoms. The van der Waals surface area contributed by atoms with Crippen molar-refractivity contribution in [2.45, 2.75) is 19.1 Å². The van der Waals surface area contributed by atoms with E-state index >= 15 is 0 Å². The molecule has 0 amide bonds. The van der Waals surface area contributed by atoms with Crippen molar-refractivity contribution in [2.75, 3.05) is 6.54 Å². The minimum absolute atomic E-state index is 0.179. The molecule has 0 aliphatic carbocycles. The zero-order chi connectivity index (χ0) is 6.69. The topological polar surface area (TPSA) is 58.6 Å². The number of rotatable bonds is 2. The summed E-state index contributed by atoms with van der Waals surface area (Å²) >= 11 is 0. The highest BCUT2D eigenvalue weighted by Crippen LogP contribution is 2.21. The van der Waals surface area contributed by atoms with E-state index in [9.17, 15) is 4.57 Å². The van der Waals surface area contributed by atoms with Gasteiger partial charge in [-0.3, -0.25) is 14.4 Å². The van der Waals surface area contributed by atoms with Crippen LogP contribution in [0.15, 0.2) is 0 Å².